The molecule has 3 aromatic rings. The van der Waals surface area contributed by atoms with Gasteiger partial charge in [0.2, 0.25) is 6.29 Å². The molecule has 6 heteroatoms. The van der Waals surface area contributed by atoms with E-state index < -0.39 is 12.3 Å². The fraction of sp³-hybridized carbons (Fsp3) is 0.269. The summed E-state index contributed by atoms with van der Waals surface area (Å²) in [5.41, 5.74) is 0.372. The van der Waals surface area contributed by atoms with Crippen molar-refractivity contribution in [3.05, 3.63) is 78.9 Å². The van der Waals surface area contributed by atoms with E-state index in [4.69, 9.17) is 23.7 Å². The number of ether oxygens (including phenoxy) is 5. The van der Waals surface area contributed by atoms with Crippen LogP contribution in [-0.2, 0) is 14.3 Å². The lowest BCUT2D eigenvalue weighted by atomic mass is 10.1. The maximum atomic E-state index is 11.3. The smallest absolute Gasteiger partial charge is 0.333 e. The number of rotatable bonds is 12. The maximum Gasteiger partial charge on any atom is 0.333 e. The Morgan fingerprint density at radius 3 is 2.44 bits per heavy atom. The Bertz CT molecular complexity index is 1030. The first-order valence-corrected chi connectivity index (χ1v) is 10.5. The highest BCUT2D eigenvalue weighted by Gasteiger charge is 2.09. The topological polar surface area (TPSA) is 63.2 Å². The Morgan fingerprint density at radius 2 is 1.66 bits per heavy atom. The van der Waals surface area contributed by atoms with E-state index in [2.05, 4.69) is 6.58 Å². The molecule has 0 aliphatic rings. The minimum Gasteiger partial charge on any atom is -0.491 e. The van der Waals surface area contributed by atoms with E-state index in [0.717, 1.165) is 28.0 Å². The number of benzene rings is 3. The van der Waals surface area contributed by atoms with Crippen LogP contribution in [0, 0.1) is 0 Å². The summed E-state index contributed by atoms with van der Waals surface area (Å²) < 4.78 is 28.0. The molecule has 0 heterocycles. The number of carbonyl (C=O) groups is 1. The zero-order chi connectivity index (χ0) is 22.8. The molecular weight excluding hydrogens is 408 g/mol. The Balaban J connectivity index is 1.48. The molecule has 0 aromatic heterocycles. The van der Waals surface area contributed by atoms with Crippen molar-refractivity contribution in [2.45, 2.75) is 20.1 Å². The summed E-state index contributed by atoms with van der Waals surface area (Å²) in [6, 6.07) is 21.3. The molecule has 0 radical (unpaired) electrons. The highest BCUT2D eigenvalue weighted by atomic mass is 16.7. The van der Waals surface area contributed by atoms with E-state index in [9.17, 15) is 4.79 Å². The van der Waals surface area contributed by atoms with Crippen molar-refractivity contribution in [2.24, 2.45) is 0 Å². The van der Waals surface area contributed by atoms with Crippen LogP contribution in [-0.4, -0.2) is 38.7 Å². The van der Waals surface area contributed by atoms with Crippen LogP contribution in [0.15, 0.2) is 78.9 Å². The molecule has 3 aromatic carbocycles. The van der Waals surface area contributed by atoms with Crippen molar-refractivity contribution in [1.82, 2.24) is 0 Å². The number of fused-ring (bicyclic) bond motifs is 1. The van der Waals surface area contributed by atoms with E-state index in [-0.39, 0.29) is 6.61 Å². The number of carbonyl (C=O) groups excluding carboxylic acids is 1. The molecule has 0 amide bonds. The third-order valence-electron chi connectivity index (χ3n) is 4.46. The van der Waals surface area contributed by atoms with E-state index in [0.29, 0.717) is 25.4 Å². The number of para-hydroxylation sites is 1. The number of hydrogen-bond donors (Lipinski definition) is 0. The SMILES string of the molecule is C=C(C)C(=O)OCCOCCOc1ccc2c(OC(C)Oc3ccccc3)cccc2c1. The van der Waals surface area contributed by atoms with Gasteiger partial charge in [0, 0.05) is 17.9 Å². The zero-order valence-corrected chi connectivity index (χ0v) is 18.4. The molecule has 0 bridgehead atoms. The van der Waals surface area contributed by atoms with Gasteiger partial charge >= 0.3 is 5.97 Å². The van der Waals surface area contributed by atoms with Crippen LogP contribution < -0.4 is 14.2 Å². The fourth-order valence-corrected chi connectivity index (χ4v) is 2.96. The minimum absolute atomic E-state index is 0.191. The quantitative estimate of drug-likeness (QED) is 0.169. The first-order chi connectivity index (χ1) is 15.5. The van der Waals surface area contributed by atoms with Crippen LogP contribution >= 0.6 is 0 Å². The molecule has 32 heavy (non-hydrogen) atoms. The monoisotopic (exact) mass is 436 g/mol. The lowest BCUT2D eigenvalue weighted by Gasteiger charge is -2.18. The Kier molecular flexibility index (Phi) is 8.52. The summed E-state index contributed by atoms with van der Waals surface area (Å²) >= 11 is 0. The van der Waals surface area contributed by atoms with Gasteiger partial charge in [-0.05, 0) is 48.7 Å². The van der Waals surface area contributed by atoms with Crippen molar-refractivity contribution in [1.29, 1.82) is 0 Å². The van der Waals surface area contributed by atoms with Gasteiger partial charge in [-0.25, -0.2) is 4.79 Å². The average molecular weight is 437 g/mol. The molecule has 0 spiro atoms. The van der Waals surface area contributed by atoms with Gasteiger partial charge in [0.15, 0.2) is 0 Å². The summed E-state index contributed by atoms with van der Waals surface area (Å²) in [5, 5.41) is 1.97. The van der Waals surface area contributed by atoms with Crippen LogP contribution in [0.1, 0.15) is 13.8 Å². The average Bonchev–Trinajstić information content (AvgIpc) is 2.79. The molecule has 0 N–H and O–H groups in total. The van der Waals surface area contributed by atoms with Crippen molar-refractivity contribution in [3.8, 4) is 17.2 Å². The van der Waals surface area contributed by atoms with Gasteiger partial charge in [0.05, 0.1) is 13.2 Å². The Hall–Kier alpha value is -3.51. The highest BCUT2D eigenvalue weighted by molar-refractivity contribution is 5.89. The van der Waals surface area contributed by atoms with Crippen LogP contribution in [0.4, 0.5) is 0 Å². The third kappa shape index (κ3) is 7.03. The van der Waals surface area contributed by atoms with Crippen molar-refractivity contribution < 1.29 is 28.5 Å². The molecule has 0 saturated heterocycles. The lowest BCUT2D eigenvalue weighted by Crippen LogP contribution is -2.19. The van der Waals surface area contributed by atoms with Gasteiger partial charge < -0.3 is 23.7 Å². The first kappa shape index (κ1) is 23.2. The van der Waals surface area contributed by atoms with E-state index in [1.165, 1.54) is 0 Å². The van der Waals surface area contributed by atoms with Crippen LogP contribution in [0.5, 0.6) is 17.2 Å². The molecule has 0 aliphatic carbocycles. The van der Waals surface area contributed by atoms with Crippen molar-refractivity contribution >= 4 is 16.7 Å². The molecule has 168 valence electrons. The van der Waals surface area contributed by atoms with Gasteiger partial charge in [-0.1, -0.05) is 36.9 Å². The highest BCUT2D eigenvalue weighted by Crippen LogP contribution is 2.29. The largest absolute Gasteiger partial charge is 0.491 e. The molecule has 3 rings (SSSR count). The minimum atomic E-state index is -0.439. The second-order valence-electron chi connectivity index (χ2n) is 7.13. The fourth-order valence-electron chi connectivity index (χ4n) is 2.96. The molecular formula is C26H28O6. The summed E-state index contributed by atoms with van der Waals surface area (Å²) in [5.74, 6) is 1.82. The zero-order valence-electron chi connectivity index (χ0n) is 18.4. The molecule has 0 saturated carbocycles. The second-order valence-corrected chi connectivity index (χ2v) is 7.13. The number of esters is 1. The second kappa shape index (κ2) is 11.8. The van der Waals surface area contributed by atoms with Crippen LogP contribution in [0.2, 0.25) is 0 Å². The van der Waals surface area contributed by atoms with Gasteiger partial charge in [0.1, 0.15) is 30.5 Å². The van der Waals surface area contributed by atoms with E-state index >= 15 is 0 Å². The molecule has 6 nitrogen and oxygen atoms in total. The summed E-state index contributed by atoms with van der Waals surface area (Å²) in [4.78, 5) is 11.3. The van der Waals surface area contributed by atoms with Crippen molar-refractivity contribution in [3.63, 3.8) is 0 Å². The van der Waals surface area contributed by atoms with Gasteiger partial charge in [0.25, 0.3) is 0 Å². The molecule has 0 fully saturated rings. The summed E-state index contributed by atoms with van der Waals surface area (Å²) in [7, 11) is 0. The lowest BCUT2D eigenvalue weighted by molar-refractivity contribution is -0.140. The normalized spacial score (nSPS) is 11.6. The molecule has 0 aliphatic heterocycles. The maximum absolute atomic E-state index is 11.3. The predicted octanol–water partition coefficient (Wildman–Crippen LogP) is 5.16. The van der Waals surface area contributed by atoms with Crippen molar-refractivity contribution in [2.75, 3.05) is 26.4 Å². The van der Waals surface area contributed by atoms with Gasteiger partial charge in [-0.15, -0.1) is 0 Å². The predicted molar refractivity (Wildman–Crippen MR) is 123 cm³/mol. The molecule has 1 unspecified atom stereocenters. The van der Waals surface area contributed by atoms with E-state index in [1.54, 1.807) is 6.92 Å². The van der Waals surface area contributed by atoms with Crippen LogP contribution in [0.25, 0.3) is 10.8 Å². The van der Waals surface area contributed by atoms with Gasteiger partial charge in [-0.3, -0.25) is 0 Å². The standard InChI is InChI=1S/C26H28O6/c1-19(2)26(27)30-17-15-28-14-16-29-23-12-13-24-21(18-23)8-7-11-25(24)32-20(3)31-22-9-5-4-6-10-22/h4-13,18,20H,1,14-17H2,2-3H3. The summed E-state index contributed by atoms with van der Waals surface area (Å²) in [6.07, 6.45) is -0.439. The van der Waals surface area contributed by atoms with Crippen LogP contribution in [0.3, 0.4) is 0 Å². The molecule has 1 atom stereocenters. The Labute approximate surface area is 188 Å². The Morgan fingerprint density at radius 1 is 0.875 bits per heavy atom. The third-order valence-corrected chi connectivity index (χ3v) is 4.46. The van der Waals surface area contributed by atoms with Gasteiger partial charge in [-0.2, -0.15) is 0 Å². The summed E-state index contributed by atoms with van der Waals surface area (Å²) in [6.45, 7) is 8.27. The first-order valence-electron chi connectivity index (χ1n) is 10.5. The van der Waals surface area contributed by atoms with E-state index in [1.807, 2.05) is 73.7 Å². The number of hydrogen-bond acceptors (Lipinski definition) is 6.